The van der Waals surface area contributed by atoms with Crippen LogP contribution >= 0.6 is 23.1 Å². The molecule has 0 radical (unpaired) electrons. The molecule has 1 amide bonds. The zero-order chi connectivity index (χ0) is 21.0. The lowest BCUT2D eigenvalue weighted by Gasteiger charge is -2.05. The summed E-state index contributed by atoms with van der Waals surface area (Å²) >= 11 is 3.15. The van der Waals surface area contributed by atoms with Gasteiger partial charge in [-0.15, -0.1) is 11.8 Å². The number of carbonyl (C=O) groups excluding carboxylic acids is 2. The van der Waals surface area contributed by atoms with Crippen molar-refractivity contribution in [3.05, 3.63) is 58.4 Å². The summed E-state index contributed by atoms with van der Waals surface area (Å²) in [6.07, 6.45) is 0.914. The topological polar surface area (TPSA) is 60.7 Å². The van der Waals surface area contributed by atoms with Crippen molar-refractivity contribution < 1.29 is 14.3 Å². The Kier molecular flexibility index (Phi) is 6.92. The van der Waals surface area contributed by atoms with Gasteiger partial charge in [-0.1, -0.05) is 38.2 Å². The zero-order valence-electron chi connectivity index (χ0n) is 17.0. The third-order valence-corrected chi connectivity index (χ3v) is 6.40. The average Bonchev–Trinajstić information content (AvgIpc) is 3.03. The maximum absolute atomic E-state index is 12.8. The van der Waals surface area contributed by atoms with Crippen LogP contribution in [0.1, 0.15) is 36.7 Å². The van der Waals surface area contributed by atoms with E-state index in [2.05, 4.69) is 31.8 Å². The van der Waals surface area contributed by atoms with E-state index >= 15 is 0 Å². The first-order chi connectivity index (χ1) is 13.9. The summed E-state index contributed by atoms with van der Waals surface area (Å²) in [4.78, 5) is 30.6. The van der Waals surface area contributed by atoms with Crippen LogP contribution < -0.4 is 4.80 Å². The number of aromatic nitrogens is 1. The summed E-state index contributed by atoms with van der Waals surface area (Å²) in [5.41, 5.74) is 2.59. The molecule has 0 unspecified atom stereocenters. The van der Waals surface area contributed by atoms with E-state index in [1.54, 1.807) is 28.5 Å². The number of rotatable bonds is 6. The Balaban J connectivity index is 2.02. The van der Waals surface area contributed by atoms with E-state index in [9.17, 15) is 9.59 Å². The van der Waals surface area contributed by atoms with Crippen LogP contribution in [0.15, 0.2) is 52.4 Å². The Bertz CT molecular complexity index is 1100. The monoisotopic (exact) mass is 428 g/mol. The molecule has 0 fully saturated rings. The van der Waals surface area contributed by atoms with Gasteiger partial charge in [0.05, 0.1) is 17.3 Å². The predicted molar refractivity (Wildman–Crippen MR) is 119 cm³/mol. The molecule has 0 aliphatic heterocycles. The average molecular weight is 429 g/mol. The van der Waals surface area contributed by atoms with Crippen molar-refractivity contribution in [3.63, 3.8) is 0 Å². The highest BCUT2D eigenvalue weighted by atomic mass is 32.2. The van der Waals surface area contributed by atoms with Crippen molar-refractivity contribution in [1.29, 1.82) is 0 Å². The van der Waals surface area contributed by atoms with Gasteiger partial charge in [-0.25, -0.2) is 0 Å². The first-order valence-corrected chi connectivity index (χ1v) is 11.2. The number of hydrogen-bond acceptors (Lipinski definition) is 5. The summed E-state index contributed by atoms with van der Waals surface area (Å²) in [7, 11) is 1.35. The Morgan fingerprint density at radius 1 is 1.17 bits per heavy atom. The van der Waals surface area contributed by atoms with Gasteiger partial charge < -0.3 is 9.30 Å². The fourth-order valence-corrected chi connectivity index (χ4v) is 4.80. The van der Waals surface area contributed by atoms with Crippen LogP contribution in [0.4, 0.5) is 0 Å². The quantitative estimate of drug-likeness (QED) is 0.422. The van der Waals surface area contributed by atoms with Crippen LogP contribution in [-0.2, 0) is 22.5 Å². The van der Waals surface area contributed by atoms with E-state index in [0.29, 0.717) is 15.6 Å². The fourth-order valence-electron chi connectivity index (χ4n) is 2.87. The van der Waals surface area contributed by atoms with Gasteiger partial charge in [-0.3, -0.25) is 9.59 Å². The molecule has 152 valence electrons. The number of fused-ring (bicyclic) bond motifs is 1. The molecule has 0 N–H and O–H groups in total. The molecule has 0 aliphatic carbocycles. The van der Waals surface area contributed by atoms with Gasteiger partial charge in [-0.05, 0) is 48.4 Å². The Labute approximate surface area is 178 Å². The smallest absolute Gasteiger partial charge is 0.325 e. The summed E-state index contributed by atoms with van der Waals surface area (Å²) in [5, 5.41) is 0.477. The van der Waals surface area contributed by atoms with Crippen molar-refractivity contribution >= 4 is 45.2 Å². The molecule has 0 atom stereocenters. The molecule has 7 heteroatoms. The van der Waals surface area contributed by atoms with Crippen LogP contribution in [0.25, 0.3) is 10.2 Å². The number of amides is 1. The maximum Gasteiger partial charge on any atom is 0.325 e. The van der Waals surface area contributed by atoms with Crippen LogP contribution in [0.2, 0.25) is 0 Å². The molecule has 1 heterocycles. The standard InChI is InChI=1S/C22H24N2O3S2/c1-5-15-6-11-18-19(12-15)29-22(24(18)13-20(25)27-4)23-21(26)16-7-9-17(10-8-16)28-14(2)3/h6-12,14H,5,13H2,1-4H3. The van der Waals surface area contributed by atoms with Crippen molar-refractivity contribution in [2.24, 2.45) is 4.99 Å². The second-order valence-corrected chi connectivity index (χ2v) is 9.47. The second kappa shape index (κ2) is 9.41. The Hall–Kier alpha value is -2.38. The van der Waals surface area contributed by atoms with E-state index in [1.807, 2.05) is 24.3 Å². The van der Waals surface area contributed by atoms with Crippen LogP contribution in [0, 0.1) is 0 Å². The highest BCUT2D eigenvalue weighted by Crippen LogP contribution is 2.23. The minimum absolute atomic E-state index is 0.0120. The number of thiazole rings is 1. The maximum atomic E-state index is 12.8. The first-order valence-electron chi connectivity index (χ1n) is 9.46. The van der Waals surface area contributed by atoms with Gasteiger partial charge in [0.25, 0.3) is 5.91 Å². The Morgan fingerprint density at radius 2 is 1.90 bits per heavy atom. The van der Waals surface area contributed by atoms with E-state index in [4.69, 9.17) is 4.74 Å². The number of ether oxygens (including phenoxy) is 1. The van der Waals surface area contributed by atoms with E-state index in [1.165, 1.54) is 24.0 Å². The molecule has 3 aromatic rings. The van der Waals surface area contributed by atoms with Crippen molar-refractivity contribution in [3.8, 4) is 0 Å². The molecular weight excluding hydrogens is 404 g/mol. The highest BCUT2D eigenvalue weighted by Gasteiger charge is 2.13. The molecule has 0 saturated heterocycles. The van der Waals surface area contributed by atoms with Gasteiger partial charge in [0.2, 0.25) is 0 Å². The van der Waals surface area contributed by atoms with E-state index in [-0.39, 0.29) is 18.4 Å². The number of benzene rings is 2. The van der Waals surface area contributed by atoms with Crippen LogP contribution in [0.3, 0.4) is 0 Å². The summed E-state index contributed by atoms with van der Waals surface area (Å²) in [6.45, 7) is 6.36. The zero-order valence-corrected chi connectivity index (χ0v) is 18.6. The summed E-state index contributed by atoms with van der Waals surface area (Å²) < 4.78 is 7.55. The summed E-state index contributed by atoms with van der Waals surface area (Å²) in [5.74, 6) is -0.708. The lowest BCUT2D eigenvalue weighted by molar-refractivity contribution is -0.141. The minimum Gasteiger partial charge on any atom is -0.468 e. The van der Waals surface area contributed by atoms with Crippen LogP contribution in [0.5, 0.6) is 0 Å². The van der Waals surface area contributed by atoms with Crippen molar-refractivity contribution in [2.75, 3.05) is 7.11 Å². The normalized spacial score (nSPS) is 12.0. The minimum atomic E-state index is -0.381. The molecule has 0 spiro atoms. The molecular formula is C22H24N2O3S2. The number of thioether (sulfide) groups is 1. The van der Waals surface area contributed by atoms with Gasteiger partial charge in [0.15, 0.2) is 4.80 Å². The Morgan fingerprint density at radius 3 is 2.52 bits per heavy atom. The largest absolute Gasteiger partial charge is 0.468 e. The fraction of sp³-hybridized carbons (Fsp3) is 0.318. The number of esters is 1. The molecule has 29 heavy (non-hydrogen) atoms. The van der Waals surface area contributed by atoms with Gasteiger partial charge in [0, 0.05) is 15.7 Å². The second-order valence-electron chi connectivity index (χ2n) is 6.81. The molecule has 0 saturated carbocycles. The van der Waals surface area contributed by atoms with Crippen molar-refractivity contribution in [2.45, 2.75) is 43.9 Å². The van der Waals surface area contributed by atoms with E-state index in [0.717, 1.165) is 21.5 Å². The molecule has 5 nitrogen and oxygen atoms in total. The third kappa shape index (κ3) is 5.16. The molecule has 1 aromatic heterocycles. The number of nitrogens with zero attached hydrogens (tertiary/aromatic N) is 2. The molecule has 0 aliphatic rings. The first kappa shape index (κ1) is 21.3. The van der Waals surface area contributed by atoms with Gasteiger partial charge >= 0.3 is 5.97 Å². The van der Waals surface area contributed by atoms with Gasteiger partial charge in [0.1, 0.15) is 6.54 Å². The highest BCUT2D eigenvalue weighted by molar-refractivity contribution is 7.99. The number of hydrogen-bond donors (Lipinski definition) is 0. The molecule has 2 aromatic carbocycles. The summed E-state index contributed by atoms with van der Waals surface area (Å²) in [6, 6.07) is 13.5. The number of methoxy groups -OCH3 is 1. The third-order valence-electron chi connectivity index (χ3n) is 4.34. The lowest BCUT2D eigenvalue weighted by Crippen LogP contribution is -2.22. The van der Waals surface area contributed by atoms with Crippen LogP contribution in [-0.4, -0.2) is 28.8 Å². The SMILES string of the molecule is CCc1ccc2c(c1)sc(=NC(=O)c1ccc(SC(C)C)cc1)n2CC(=O)OC. The number of aryl methyl sites for hydroxylation is 1. The molecule has 0 bridgehead atoms. The number of carbonyl (C=O) groups is 2. The van der Waals surface area contributed by atoms with E-state index < -0.39 is 0 Å². The van der Waals surface area contributed by atoms with Gasteiger partial charge in [-0.2, -0.15) is 4.99 Å². The predicted octanol–water partition coefficient (Wildman–Crippen LogP) is 4.68. The lowest BCUT2D eigenvalue weighted by atomic mass is 10.2. The molecule has 3 rings (SSSR count). The van der Waals surface area contributed by atoms with Crippen molar-refractivity contribution in [1.82, 2.24) is 4.57 Å².